The third-order valence-corrected chi connectivity index (χ3v) is 3.76. The molecule has 6 nitrogen and oxygen atoms in total. The van der Waals surface area contributed by atoms with Gasteiger partial charge in [0.2, 0.25) is 5.89 Å². The fraction of sp³-hybridized carbons (Fsp3) is 0.167. The molecule has 128 valence electrons. The number of hydrogen-bond acceptors (Lipinski definition) is 6. The predicted molar refractivity (Wildman–Crippen MR) is 93.9 cm³/mol. The minimum Gasteiger partial charge on any atom is -0.482 e. The number of esters is 1. The van der Waals surface area contributed by atoms with E-state index in [-0.39, 0.29) is 12.5 Å². The van der Waals surface area contributed by atoms with Crippen LogP contribution in [-0.4, -0.2) is 22.8 Å². The van der Waals surface area contributed by atoms with E-state index < -0.39 is 12.1 Å². The van der Waals surface area contributed by atoms with E-state index in [1.54, 1.807) is 19.1 Å². The smallest absolute Gasteiger partial charge is 0.344 e. The van der Waals surface area contributed by atoms with Crippen molar-refractivity contribution in [3.63, 3.8) is 0 Å². The molecule has 0 aliphatic heterocycles. The monoisotopic (exact) mass is 402 g/mol. The number of nitrogens with zero attached hydrogens (tertiary/aromatic N) is 2. The minimum absolute atomic E-state index is 0.208. The van der Waals surface area contributed by atoms with Crippen molar-refractivity contribution in [1.29, 1.82) is 0 Å². The second-order valence-corrected chi connectivity index (χ2v) is 6.11. The molecule has 0 spiro atoms. The summed E-state index contributed by atoms with van der Waals surface area (Å²) in [7, 11) is 0. The van der Waals surface area contributed by atoms with Crippen LogP contribution in [-0.2, 0) is 9.53 Å². The zero-order valence-corrected chi connectivity index (χ0v) is 15.0. The van der Waals surface area contributed by atoms with Gasteiger partial charge in [-0.05, 0) is 37.3 Å². The van der Waals surface area contributed by atoms with Gasteiger partial charge in [-0.1, -0.05) is 40.2 Å². The fourth-order valence-corrected chi connectivity index (χ4v) is 2.46. The molecule has 1 atom stereocenters. The van der Waals surface area contributed by atoms with E-state index in [4.69, 9.17) is 13.9 Å². The van der Waals surface area contributed by atoms with Crippen LogP contribution < -0.4 is 4.74 Å². The molecule has 0 amide bonds. The number of halogens is 1. The van der Waals surface area contributed by atoms with Gasteiger partial charge in [-0.15, -0.1) is 10.2 Å². The number of hydrogen-bond donors (Lipinski definition) is 0. The summed E-state index contributed by atoms with van der Waals surface area (Å²) < 4.78 is 17.1. The lowest BCUT2D eigenvalue weighted by Crippen LogP contribution is -2.17. The van der Waals surface area contributed by atoms with Crippen LogP contribution in [0.2, 0.25) is 0 Å². The predicted octanol–water partition coefficient (Wildman–Crippen LogP) is 4.18. The van der Waals surface area contributed by atoms with Gasteiger partial charge in [0.1, 0.15) is 5.75 Å². The van der Waals surface area contributed by atoms with Crippen LogP contribution >= 0.6 is 15.9 Å². The first-order valence-electron chi connectivity index (χ1n) is 7.58. The highest BCUT2D eigenvalue weighted by atomic mass is 79.9. The lowest BCUT2D eigenvalue weighted by atomic mass is 10.2. The Hall–Kier alpha value is -2.67. The molecule has 25 heavy (non-hydrogen) atoms. The maximum absolute atomic E-state index is 11.9. The minimum atomic E-state index is -0.663. The maximum Gasteiger partial charge on any atom is 0.344 e. The summed E-state index contributed by atoms with van der Waals surface area (Å²) in [5.41, 5.74) is 0.803. The number of carbonyl (C=O) groups excluding carboxylic acids is 1. The van der Waals surface area contributed by atoms with Gasteiger partial charge in [0.15, 0.2) is 12.7 Å². The van der Waals surface area contributed by atoms with Crippen molar-refractivity contribution < 1.29 is 18.7 Å². The molecule has 0 fully saturated rings. The molecule has 0 saturated carbocycles. The average molecular weight is 403 g/mol. The first kappa shape index (κ1) is 17.2. The molecule has 7 heteroatoms. The summed E-state index contributed by atoms with van der Waals surface area (Å²) in [6.07, 6.45) is -0.663. The SMILES string of the molecule is C[C@@H](OC(=O)COc1cccc(Br)c1)c1nnc(-c2ccccc2)o1. The van der Waals surface area contributed by atoms with Gasteiger partial charge in [0.05, 0.1) is 0 Å². The highest BCUT2D eigenvalue weighted by molar-refractivity contribution is 9.10. The summed E-state index contributed by atoms with van der Waals surface area (Å²) in [5.74, 6) is 0.661. The van der Waals surface area contributed by atoms with Crippen LogP contribution in [0.5, 0.6) is 5.75 Å². The van der Waals surface area contributed by atoms with Crippen LogP contribution in [0.3, 0.4) is 0 Å². The van der Waals surface area contributed by atoms with Crippen molar-refractivity contribution in [1.82, 2.24) is 10.2 Å². The second-order valence-electron chi connectivity index (χ2n) is 5.19. The van der Waals surface area contributed by atoms with Crippen LogP contribution in [0.1, 0.15) is 18.9 Å². The molecule has 0 bridgehead atoms. The standard InChI is InChI=1S/C18H15BrN2O4/c1-12(17-20-21-18(25-17)13-6-3-2-4-7-13)24-16(22)11-23-15-9-5-8-14(19)10-15/h2-10,12H,11H2,1H3/t12-/m1/s1. The summed E-state index contributed by atoms with van der Waals surface area (Å²) in [6.45, 7) is 1.46. The lowest BCUT2D eigenvalue weighted by Gasteiger charge is -2.10. The molecule has 3 rings (SSSR count). The summed E-state index contributed by atoms with van der Waals surface area (Å²) in [6, 6.07) is 16.6. The Morgan fingerprint density at radius 2 is 1.96 bits per heavy atom. The highest BCUT2D eigenvalue weighted by Crippen LogP contribution is 2.22. The average Bonchev–Trinajstić information content (AvgIpc) is 3.11. The number of ether oxygens (including phenoxy) is 2. The molecular weight excluding hydrogens is 388 g/mol. The van der Waals surface area contributed by atoms with Crippen molar-refractivity contribution in [2.24, 2.45) is 0 Å². The number of benzene rings is 2. The van der Waals surface area contributed by atoms with E-state index in [0.29, 0.717) is 11.6 Å². The number of carbonyl (C=O) groups is 1. The fourth-order valence-electron chi connectivity index (χ4n) is 2.08. The van der Waals surface area contributed by atoms with Crippen molar-refractivity contribution in [2.45, 2.75) is 13.0 Å². The zero-order chi connectivity index (χ0) is 17.6. The van der Waals surface area contributed by atoms with Gasteiger partial charge in [0.25, 0.3) is 5.89 Å². The molecule has 0 unspecified atom stereocenters. The second kappa shape index (κ2) is 7.94. The van der Waals surface area contributed by atoms with E-state index >= 15 is 0 Å². The van der Waals surface area contributed by atoms with Gasteiger partial charge < -0.3 is 13.9 Å². The van der Waals surface area contributed by atoms with Crippen LogP contribution in [0.15, 0.2) is 63.5 Å². The van der Waals surface area contributed by atoms with E-state index in [1.165, 1.54) is 0 Å². The molecule has 1 heterocycles. The van der Waals surface area contributed by atoms with Gasteiger partial charge in [0, 0.05) is 10.0 Å². The Morgan fingerprint density at radius 1 is 1.16 bits per heavy atom. The zero-order valence-electron chi connectivity index (χ0n) is 13.4. The molecule has 3 aromatic rings. The van der Waals surface area contributed by atoms with Crippen molar-refractivity contribution in [2.75, 3.05) is 6.61 Å². The number of rotatable bonds is 6. The van der Waals surface area contributed by atoms with Crippen LogP contribution in [0.25, 0.3) is 11.5 Å². The maximum atomic E-state index is 11.9. The molecule has 1 aromatic heterocycles. The summed E-state index contributed by atoms with van der Waals surface area (Å²) >= 11 is 3.34. The Labute approximate surface area is 152 Å². The first-order chi connectivity index (χ1) is 12.1. The van der Waals surface area contributed by atoms with Gasteiger partial charge in [-0.2, -0.15) is 0 Å². The molecule has 2 aromatic carbocycles. The highest BCUT2D eigenvalue weighted by Gasteiger charge is 2.19. The molecule has 0 saturated heterocycles. The van der Waals surface area contributed by atoms with Gasteiger partial charge in [-0.3, -0.25) is 0 Å². The molecule has 0 aliphatic rings. The summed E-state index contributed by atoms with van der Waals surface area (Å²) in [4.78, 5) is 11.9. The molecule has 0 N–H and O–H groups in total. The Kier molecular flexibility index (Phi) is 5.45. The van der Waals surface area contributed by atoms with E-state index in [0.717, 1.165) is 10.0 Å². The molecule has 0 aliphatic carbocycles. The topological polar surface area (TPSA) is 74.5 Å². The van der Waals surface area contributed by atoms with Crippen molar-refractivity contribution in [3.05, 3.63) is 65.0 Å². The first-order valence-corrected chi connectivity index (χ1v) is 8.38. The Bertz CT molecular complexity index is 851. The number of aromatic nitrogens is 2. The van der Waals surface area contributed by atoms with Crippen LogP contribution in [0.4, 0.5) is 0 Å². The summed E-state index contributed by atoms with van der Waals surface area (Å²) in [5, 5.41) is 7.91. The van der Waals surface area contributed by atoms with Crippen molar-refractivity contribution >= 4 is 21.9 Å². The van der Waals surface area contributed by atoms with Crippen LogP contribution in [0, 0.1) is 0 Å². The van der Waals surface area contributed by atoms with E-state index in [1.807, 2.05) is 42.5 Å². The van der Waals surface area contributed by atoms with E-state index in [9.17, 15) is 4.79 Å². The third kappa shape index (κ3) is 4.67. The normalized spacial score (nSPS) is 11.8. The van der Waals surface area contributed by atoms with Gasteiger partial charge in [-0.25, -0.2) is 4.79 Å². The Morgan fingerprint density at radius 3 is 2.72 bits per heavy atom. The lowest BCUT2D eigenvalue weighted by molar-refractivity contribution is -0.152. The largest absolute Gasteiger partial charge is 0.482 e. The Balaban J connectivity index is 1.56. The quantitative estimate of drug-likeness (QED) is 0.575. The van der Waals surface area contributed by atoms with Crippen molar-refractivity contribution in [3.8, 4) is 17.2 Å². The molecular formula is C18H15BrN2O4. The molecule has 0 radical (unpaired) electrons. The van der Waals surface area contributed by atoms with Gasteiger partial charge >= 0.3 is 5.97 Å². The van der Waals surface area contributed by atoms with E-state index in [2.05, 4.69) is 26.1 Å². The third-order valence-electron chi connectivity index (χ3n) is 3.27.